The first kappa shape index (κ1) is 58.9. The van der Waals surface area contributed by atoms with Crippen LogP contribution in [0.1, 0.15) is 157 Å². The van der Waals surface area contributed by atoms with E-state index in [2.05, 4.69) is 152 Å². The maximum Gasteiger partial charge on any atom is 0.265 e. The molecule has 0 rings (SSSR count). The SMILES string of the molecule is CC(C)C.CC(C)CC(C)(C)CS(=O)(=O)O.CC(C)CCCCN(C)C.CC(C)N(C)C.CC(C)NC(C)C.CCN(CC)C(C)C. The fourth-order valence-electron chi connectivity index (χ4n) is 4.26. The van der Waals surface area contributed by atoms with Crippen LogP contribution in [0.25, 0.3) is 0 Å². The molecular weight excluding hydrogens is 605 g/mol. The molecule has 0 saturated heterocycles. The highest BCUT2D eigenvalue weighted by molar-refractivity contribution is 7.85. The Morgan fingerprint density at radius 1 is 0.660 bits per heavy atom. The monoisotopic (exact) mass is 699 g/mol. The summed E-state index contributed by atoms with van der Waals surface area (Å²) < 4.78 is 29.8. The van der Waals surface area contributed by atoms with Crippen molar-refractivity contribution >= 4 is 10.1 Å². The second kappa shape index (κ2) is 35.6. The fourth-order valence-corrected chi connectivity index (χ4v) is 5.36. The quantitative estimate of drug-likeness (QED) is 0.130. The van der Waals surface area contributed by atoms with Crippen LogP contribution in [-0.2, 0) is 10.1 Å². The van der Waals surface area contributed by atoms with Crippen molar-refractivity contribution in [3.8, 4) is 0 Å². The van der Waals surface area contributed by atoms with Crippen LogP contribution >= 0.6 is 0 Å². The summed E-state index contributed by atoms with van der Waals surface area (Å²) in [5.41, 5.74) is -0.332. The third-order valence-electron chi connectivity index (χ3n) is 6.41. The highest BCUT2D eigenvalue weighted by atomic mass is 32.2. The van der Waals surface area contributed by atoms with Crippen LogP contribution in [0.5, 0.6) is 0 Å². The molecule has 0 aliphatic heterocycles. The molecule has 0 amide bonds. The maximum atomic E-state index is 10.6. The van der Waals surface area contributed by atoms with Gasteiger partial charge in [-0.1, -0.05) is 117 Å². The van der Waals surface area contributed by atoms with Crippen LogP contribution in [0, 0.1) is 23.2 Å². The van der Waals surface area contributed by atoms with Gasteiger partial charge in [0, 0.05) is 24.2 Å². The molecule has 0 spiro atoms. The van der Waals surface area contributed by atoms with Crippen molar-refractivity contribution in [1.82, 2.24) is 20.0 Å². The molecule has 0 radical (unpaired) electrons. The zero-order chi connectivity index (χ0) is 39.1. The van der Waals surface area contributed by atoms with Crippen molar-refractivity contribution in [3.05, 3.63) is 0 Å². The Labute approximate surface area is 300 Å². The molecule has 294 valence electrons. The van der Waals surface area contributed by atoms with Crippen molar-refractivity contribution in [1.29, 1.82) is 0 Å². The minimum absolute atomic E-state index is 0.155. The van der Waals surface area contributed by atoms with Gasteiger partial charge in [0.15, 0.2) is 0 Å². The summed E-state index contributed by atoms with van der Waals surface area (Å²) in [5.74, 6) is 2.00. The van der Waals surface area contributed by atoms with Crippen LogP contribution in [0.4, 0.5) is 0 Å². The molecule has 0 atom stereocenters. The van der Waals surface area contributed by atoms with E-state index < -0.39 is 10.1 Å². The van der Waals surface area contributed by atoms with E-state index in [0.717, 1.165) is 18.3 Å². The summed E-state index contributed by atoms with van der Waals surface area (Å²) in [7, 11) is 4.59. The topological polar surface area (TPSA) is 76.1 Å². The Hall–Kier alpha value is -0.250. The van der Waals surface area contributed by atoms with Crippen LogP contribution in [-0.4, -0.2) is 105 Å². The molecule has 0 bridgehead atoms. The average Bonchev–Trinajstić information content (AvgIpc) is 2.80. The van der Waals surface area contributed by atoms with Gasteiger partial charge in [0.05, 0.1) is 5.75 Å². The summed E-state index contributed by atoms with van der Waals surface area (Å²) in [6, 6.07) is 2.65. The molecule has 0 saturated carbocycles. The van der Waals surface area contributed by atoms with Crippen LogP contribution in [0.15, 0.2) is 0 Å². The van der Waals surface area contributed by atoms with E-state index in [1.54, 1.807) is 0 Å². The highest BCUT2D eigenvalue weighted by Crippen LogP contribution is 2.26. The normalized spacial score (nSPS) is 11.7. The van der Waals surface area contributed by atoms with E-state index in [1.807, 2.05) is 27.7 Å². The average molecular weight is 699 g/mol. The summed E-state index contributed by atoms with van der Waals surface area (Å²) in [4.78, 5) is 6.83. The summed E-state index contributed by atoms with van der Waals surface area (Å²) in [5, 5.41) is 3.31. The van der Waals surface area contributed by atoms with Gasteiger partial charge in [0.1, 0.15) is 0 Å². The predicted octanol–water partition coefficient (Wildman–Crippen LogP) is 10.1. The second-order valence-corrected chi connectivity index (χ2v) is 18.2. The maximum absolute atomic E-state index is 10.6. The van der Waals surface area contributed by atoms with Gasteiger partial charge in [-0.25, -0.2) is 0 Å². The molecule has 2 N–H and O–H groups in total. The molecule has 47 heavy (non-hydrogen) atoms. The van der Waals surface area contributed by atoms with Crippen molar-refractivity contribution in [2.45, 2.75) is 181 Å². The van der Waals surface area contributed by atoms with Gasteiger partial charge in [-0.15, -0.1) is 0 Å². The first-order chi connectivity index (χ1) is 21.0. The molecule has 0 aliphatic rings. The number of unbranched alkanes of at least 4 members (excludes halogenated alkanes) is 1. The summed E-state index contributed by atoms with van der Waals surface area (Å²) >= 11 is 0. The van der Waals surface area contributed by atoms with E-state index in [-0.39, 0.29) is 11.2 Å². The predicted molar refractivity (Wildman–Crippen MR) is 218 cm³/mol. The molecule has 8 heteroatoms. The van der Waals surface area contributed by atoms with Gasteiger partial charge < -0.3 is 20.0 Å². The van der Waals surface area contributed by atoms with E-state index in [9.17, 15) is 8.42 Å². The van der Waals surface area contributed by atoms with Crippen molar-refractivity contribution in [2.75, 3.05) is 53.6 Å². The molecule has 0 unspecified atom stereocenters. The fraction of sp³-hybridized carbons (Fsp3) is 1.00. The lowest BCUT2D eigenvalue weighted by Crippen LogP contribution is -2.29. The Morgan fingerprint density at radius 2 is 1.02 bits per heavy atom. The lowest BCUT2D eigenvalue weighted by molar-refractivity contribution is 0.246. The Bertz CT molecular complexity index is 674. The summed E-state index contributed by atoms with van der Waals surface area (Å²) in [6.45, 7) is 44.2. The smallest absolute Gasteiger partial charge is 0.265 e. The van der Waals surface area contributed by atoms with Crippen LogP contribution in [0.2, 0.25) is 0 Å². The van der Waals surface area contributed by atoms with Gasteiger partial charge >= 0.3 is 0 Å². The molecule has 0 aromatic carbocycles. The van der Waals surface area contributed by atoms with Gasteiger partial charge in [-0.3, -0.25) is 4.55 Å². The first-order valence-corrected chi connectivity index (χ1v) is 20.3. The van der Waals surface area contributed by atoms with Gasteiger partial charge in [0.25, 0.3) is 10.1 Å². The minimum Gasteiger partial charge on any atom is -0.312 e. The summed E-state index contributed by atoms with van der Waals surface area (Å²) in [6.07, 6.45) is 4.92. The van der Waals surface area contributed by atoms with Crippen molar-refractivity contribution in [2.24, 2.45) is 23.2 Å². The van der Waals surface area contributed by atoms with E-state index in [4.69, 9.17) is 4.55 Å². The lowest BCUT2D eigenvalue weighted by atomic mass is 9.86. The largest absolute Gasteiger partial charge is 0.312 e. The standard InChI is InChI=1S/C9H21N.C8H18O3S.C7H17N.C6H15N.C5H13N.C4H10/c1-9(2)7-5-6-8-10(3)4;1-7(2)5-8(3,4)6-12(9,10)11;1-5-8(6-2)7(3)4;1-5(2)7-6(3)4;1-5(2)6(3)4;1-4(2)3/h9H,5-8H2,1-4H3;7H,5-6H2,1-4H3,(H,9,10,11);7H,5-6H2,1-4H3;5-7H,1-4H3;5H,1-4H3;4H,1-3H3. The molecule has 7 nitrogen and oxygen atoms in total. The number of nitrogens with zero attached hydrogens (tertiary/aromatic N) is 3. The van der Waals surface area contributed by atoms with Crippen LogP contribution < -0.4 is 5.32 Å². The highest BCUT2D eigenvalue weighted by Gasteiger charge is 2.25. The molecule has 0 aromatic heterocycles. The number of nitrogens with one attached hydrogen (secondary N) is 1. The zero-order valence-electron chi connectivity index (χ0n) is 36.7. The molecule has 0 aromatic rings. The van der Waals surface area contributed by atoms with E-state index in [0.29, 0.717) is 30.1 Å². The first-order valence-electron chi connectivity index (χ1n) is 18.7. The number of hydrogen-bond donors (Lipinski definition) is 2. The van der Waals surface area contributed by atoms with Gasteiger partial charge in [-0.2, -0.15) is 8.42 Å². The third kappa shape index (κ3) is 76.9. The van der Waals surface area contributed by atoms with E-state index in [1.165, 1.54) is 38.9 Å². The van der Waals surface area contributed by atoms with Crippen molar-refractivity contribution < 1.29 is 13.0 Å². The van der Waals surface area contributed by atoms with E-state index >= 15 is 0 Å². The lowest BCUT2D eigenvalue weighted by Gasteiger charge is -2.24. The second-order valence-electron chi connectivity index (χ2n) is 16.8. The number of hydrogen-bond acceptors (Lipinski definition) is 6. The molecule has 0 fully saturated rings. The Balaban J connectivity index is -0.000000111. The Kier molecular flexibility index (Phi) is 44.6. The third-order valence-corrected chi connectivity index (χ3v) is 7.56. The molecule has 0 heterocycles. The zero-order valence-corrected chi connectivity index (χ0v) is 37.5. The Morgan fingerprint density at radius 3 is 1.17 bits per heavy atom. The van der Waals surface area contributed by atoms with Gasteiger partial charge in [0.2, 0.25) is 0 Å². The van der Waals surface area contributed by atoms with Gasteiger partial charge in [-0.05, 0) is 112 Å². The van der Waals surface area contributed by atoms with Crippen molar-refractivity contribution in [3.63, 3.8) is 0 Å². The number of rotatable bonds is 15. The van der Waals surface area contributed by atoms with Crippen LogP contribution in [0.3, 0.4) is 0 Å². The molecule has 0 aliphatic carbocycles. The minimum atomic E-state index is -3.83. The molecular formula is C39H94N4O3S.